The molecule has 0 aromatic rings. The van der Waals surface area contributed by atoms with Gasteiger partial charge in [-0.25, -0.2) is 8.78 Å². The number of esters is 1. The molecular weight excluding hydrogens is 180 g/mol. The Morgan fingerprint density at radius 1 is 1.46 bits per heavy atom. The number of ether oxygens (including phenoxy) is 1. The van der Waals surface area contributed by atoms with Gasteiger partial charge >= 0.3 is 5.97 Å². The summed E-state index contributed by atoms with van der Waals surface area (Å²) in [5.74, 6) is -0.694. The summed E-state index contributed by atoms with van der Waals surface area (Å²) in [5, 5.41) is 0. The lowest BCUT2D eigenvalue weighted by molar-refractivity contribution is -0.156. The summed E-state index contributed by atoms with van der Waals surface area (Å²) in [6, 6.07) is -1.44. The molecule has 0 amide bonds. The van der Waals surface area contributed by atoms with Crippen molar-refractivity contribution in [2.75, 3.05) is 0 Å². The van der Waals surface area contributed by atoms with Gasteiger partial charge < -0.3 is 10.5 Å². The van der Waals surface area contributed by atoms with Crippen LogP contribution in [0.2, 0.25) is 0 Å². The maximum absolute atomic E-state index is 11.9. The Labute approximate surface area is 76.2 Å². The lowest BCUT2D eigenvalue weighted by atomic mass is 10.2. The van der Waals surface area contributed by atoms with Crippen LogP contribution in [0.3, 0.4) is 0 Å². The molecule has 2 N–H and O–H groups in total. The maximum atomic E-state index is 11.9. The molecule has 0 spiro atoms. The summed E-state index contributed by atoms with van der Waals surface area (Å²) >= 11 is 0. The summed E-state index contributed by atoms with van der Waals surface area (Å²) in [4.78, 5) is 10.9. The Kier molecular flexibility index (Phi) is 4.26. The molecule has 0 aliphatic rings. The number of halogens is 2. The molecule has 1 atom stereocenters. The summed E-state index contributed by atoms with van der Waals surface area (Å²) in [6.07, 6.45) is -3.14. The normalized spacial score (nSPS) is 14.4. The molecule has 1 unspecified atom stereocenters. The molecule has 0 rings (SSSR count). The van der Waals surface area contributed by atoms with Crippen molar-refractivity contribution in [1.29, 1.82) is 0 Å². The topological polar surface area (TPSA) is 52.3 Å². The minimum Gasteiger partial charge on any atom is -0.460 e. The molecular formula is C8H15F2NO2. The Hall–Kier alpha value is -0.710. The van der Waals surface area contributed by atoms with E-state index >= 15 is 0 Å². The molecule has 0 aliphatic heterocycles. The number of hydrogen-bond acceptors (Lipinski definition) is 3. The van der Waals surface area contributed by atoms with Crippen molar-refractivity contribution in [2.24, 2.45) is 5.73 Å². The van der Waals surface area contributed by atoms with Gasteiger partial charge in [-0.1, -0.05) is 0 Å². The number of hydrogen-bond donors (Lipinski definition) is 1. The van der Waals surface area contributed by atoms with Crippen LogP contribution >= 0.6 is 0 Å². The molecule has 0 fully saturated rings. The van der Waals surface area contributed by atoms with Gasteiger partial charge in [-0.05, 0) is 20.8 Å². The van der Waals surface area contributed by atoms with Crippen molar-refractivity contribution in [2.45, 2.75) is 45.3 Å². The van der Waals surface area contributed by atoms with E-state index in [0.717, 1.165) is 0 Å². The van der Waals surface area contributed by atoms with Crippen LogP contribution in [0.25, 0.3) is 0 Å². The lowest BCUT2D eigenvalue weighted by Gasteiger charge is -2.20. The van der Waals surface area contributed by atoms with E-state index in [1.165, 1.54) is 0 Å². The number of rotatable bonds is 3. The minimum atomic E-state index is -2.69. The summed E-state index contributed by atoms with van der Waals surface area (Å²) in [5.41, 5.74) is 4.33. The Balaban J connectivity index is 3.89. The fraction of sp³-hybridized carbons (Fsp3) is 0.875. The van der Waals surface area contributed by atoms with E-state index in [4.69, 9.17) is 10.5 Å². The fourth-order valence-electron chi connectivity index (χ4n) is 0.665. The molecule has 0 aromatic carbocycles. The van der Waals surface area contributed by atoms with Crippen molar-refractivity contribution in [1.82, 2.24) is 0 Å². The van der Waals surface area contributed by atoms with Gasteiger partial charge in [-0.2, -0.15) is 0 Å². The molecule has 0 saturated heterocycles. The van der Waals surface area contributed by atoms with Gasteiger partial charge in [-0.3, -0.25) is 4.79 Å². The van der Waals surface area contributed by atoms with Crippen LogP contribution in [0.4, 0.5) is 8.78 Å². The second-order valence-corrected chi connectivity index (χ2v) is 3.79. The van der Waals surface area contributed by atoms with E-state index in [-0.39, 0.29) is 0 Å². The molecule has 0 saturated carbocycles. The van der Waals surface area contributed by atoms with Gasteiger partial charge in [0.05, 0.1) is 12.5 Å². The van der Waals surface area contributed by atoms with E-state index in [1.54, 1.807) is 20.8 Å². The highest BCUT2D eigenvalue weighted by molar-refractivity contribution is 5.70. The van der Waals surface area contributed by atoms with Crippen LogP contribution in [0, 0.1) is 0 Å². The van der Waals surface area contributed by atoms with Crippen LogP contribution in [0.5, 0.6) is 0 Å². The number of nitrogens with two attached hydrogens (primary N) is 1. The molecule has 0 bridgehead atoms. The van der Waals surface area contributed by atoms with Crippen molar-refractivity contribution >= 4 is 5.97 Å². The molecule has 5 heteroatoms. The SMILES string of the molecule is CC(C)(C)OC(=O)CC(N)C(F)F. The first-order valence-electron chi connectivity index (χ1n) is 3.98. The minimum absolute atomic E-state index is 0.449. The Morgan fingerprint density at radius 3 is 2.23 bits per heavy atom. The molecule has 13 heavy (non-hydrogen) atoms. The van der Waals surface area contributed by atoms with E-state index in [0.29, 0.717) is 0 Å². The number of carbonyl (C=O) groups excluding carboxylic acids is 1. The molecule has 0 aliphatic carbocycles. The second kappa shape index (κ2) is 4.50. The standard InChI is InChI=1S/C8H15F2NO2/c1-8(2,3)13-6(12)4-5(11)7(9)10/h5,7H,4,11H2,1-3H3. The highest BCUT2D eigenvalue weighted by Gasteiger charge is 2.23. The van der Waals surface area contributed by atoms with Crippen molar-refractivity contribution in [3.63, 3.8) is 0 Å². The predicted molar refractivity (Wildman–Crippen MR) is 44.4 cm³/mol. The van der Waals surface area contributed by atoms with Gasteiger partial charge in [0, 0.05) is 0 Å². The van der Waals surface area contributed by atoms with Crippen LogP contribution in [-0.2, 0) is 9.53 Å². The first-order valence-corrected chi connectivity index (χ1v) is 3.98. The summed E-state index contributed by atoms with van der Waals surface area (Å²) in [6.45, 7) is 5.00. The first kappa shape index (κ1) is 12.3. The molecule has 0 radical (unpaired) electrons. The highest BCUT2D eigenvalue weighted by Crippen LogP contribution is 2.10. The molecule has 78 valence electrons. The molecule has 3 nitrogen and oxygen atoms in total. The third kappa shape index (κ3) is 6.45. The van der Waals surface area contributed by atoms with Gasteiger partial charge in [0.1, 0.15) is 5.60 Å². The zero-order valence-electron chi connectivity index (χ0n) is 8.01. The average molecular weight is 195 g/mol. The van der Waals surface area contributed by atoms with Gasteiger partial charge in [0.15, 0.2) is 0 Å². The smallest absolute Gasteiger partial charge is 0.308 e. The maximum Gasteiger partial charge on any atom is 0.308 e. The second-order valence-electron chi connectivity index (χ2n) is 3.79. The number of carbonyl (C=O) groups is 1. The van der Waals surface area contributed by atoms with Crippen molar-refractivity contribution < 1.29 is 18.3 Å². The third-order valence-corrected chi connectivity index (χ3v) is 1.15. The van der Waals surface area contributed by atoms with E-state index in [2.05, 4.69) is 0 Å². The lowest BCUT2D eigenvalue weighted by Crippen LogP contribution is -2.34. The fourth-order valence-corrected chi connectivity index (χ4v) is 0.665. The van der Waals surface area contributed by atoms with Crippen LogP contribution < -0.4 is 5.73 Å². The third-order valence-electron chi connectivity index (χ3n) is 1.15. The van der Waals surface area contributed by atoms with Crippen molar-refractivity contribution in [3.05, 3.63) is 0 Å². The van der Waals surface area contributed by atoms with Crippen LogP contribution in [0.15, 0.2) is 0 Å². The molecule has 0 aromatic heterocycles. The van der Waals surface area contributed by atoms with Gasteiger partial charge in [0.25, 0.3) is 6.43 Å². The summed E-state index contributed by atoms with van der Waals surface area (Å²) in [7, 11) is 0. The van der Waals surface area contributed by atoms with E-state index in [1.807, 2.05) is 0 Å². The molecule has 0 heterocycles. The highest BCUT2D eigenvalue weighted by atomic mass is 19.3. The number of alkyl halides is 2. The van der Waals surface area contributed by atoms with Crippen molar-refractivity contribution in [3.8, 4) is 0 Å². The van der Waals surface area contributed by atoms with Gasteiger partial charge in [-0.15, -0.1) is 0 Å². The van der Waals surface area contributed by atoms with Crippen LogP contribution in [-0.4, -0.2) is 24.0 Å². The quantitative estimate of drug-likeness (QED) is 0.691. The Bertz CT molecular complexity index is 177. The Morgan fingerprint density at radius 2 is 1.92 bits per heavy atom. The van der Waals surface area contributed by atoms with E-state index in [9.17, 15) is 13.6 Å². The van der Waals surface area contributed by atoms with Crippen LogP contribution in [0.1, 0.15) is 27.2 Å². The zero-order valence-corrected chi connectivity index (χ0v) is 8.01. The van der Waals surface area contributed by atoms with E-state index < -0.39 is 30.5 Å². The van der Waals surface area contributed by atoms with Gasteiger partial charge in [0.2, 0.25) is 0 Å². The predicted octanol–water partition coefficient (Wildman–Crippen LogP) is 1.31. The zero-order chi connectivity index (χ0) is 10.6. The monoisotopic (exact) mass is 195 g/mol. The first-order chi connectivity index (χ1) is 5.72. The summed E-state index contributed by atoms with van der Waals surface area (Å²) < 4.78 is 28.6. The largest absolute Gasteiger partial charge is 0.460 e. The average Bonchev–Trinajstić information content (AvgIpc) is 1.81.